The van der Waals surface area contributed by atoms with Crippen LogP contribution in [0.3, 0.4) is 0 Å². The zero-order valence-electron chi connectivity index (χ0n) is 14.1. The largest absolute Gasteiger partial charge is 0.336 e. The lowest BCUT2D eigenvalue weighted by atomic mass is 9.92. The zero-order chi connectivity index (χ0) is 17.1. The molecule has 25 heavy (non-hydrogen) atoms. The highest BCUT2D eigenvalue weighted by Crippen LogP contribution is 2.24. The summed E-state index contributed by atoms with van der Waals surface area (Å²) < 4.78 is 0. The van der Waals surface area contributed by atoms with E-state index in [2.05, 4.69) is 38.4 Å². The van der Waals surface area contributed by atoms with Gasteiger partial charge in [-0.25, -0.2) is 9.97 Å². The monoisotopic (exact) mass is 335 g/mol. The molecule has 1 saturated heterocycles. The molecule has 0 radical (unpaired) electrons. The topological polar surface area (TPSA) is 74.8 Å². The molecule has 6 nitrogen and oxygen atoms in total. The van der Waals surface area contributed by atoms with Crippen molar-refractivity contribution < 1.29 is 4.79 Å². The molecule has 2 aromatic heterocycles. The minimum absolute atomic E-state index is 0.0546. The first-order valence-electron chi connectivity index (χ1n) is 8.78. The lowest BCUT2D eigenvalue weighted by Crippen LogP contribution is -2.33. The molecule has 1 aliphatic rings. The van der Waals surface area contributed by atoms with Crippen LogP contribution in [0.1, 0.15) is 35.4 Å². The Hall–Kier alpha value is -2.76. The molecule has 6 heteroatoms. The number of nitrogens with one attached hydrogen (secondary N) is 1. The van der Waals surface area contributed by atoms with Crippen LogP contribution in [-0.4, -0.2) is 44.1 Å². The van der Waals surface area contributed by atoms with Crippen LogP contribution in [-0.2, 0) is 6.42 Å². The van der Waals surface area contributed by atoms with E-state index in [0.717, 1.165) is 49.7 Å². The van der Waals surface area contributed by atoms with Crippen molar-refractivity contribution >= 4 is 16.8 Å². The summed E-state index contributed by atoms with van der Waals surface area (Å²) in [4.78, 5) is 22.6. The van der Waals surface area contributed by atoms with Gasteiger partial charge in [0.15, 0.2) is 0 Å². The Bertz CT molecular complexity index is 860. The predicted molar refractivity (Wildman–Crippen MR) is 95.1 cm³/mol. The lowest BCUT2D eigenvalue weighted by molar-refractivity contribution is 0.0747. The van der Waals surface area contributed by atoms with Crippen LogP contribution >= 0.6 is 0 Å². The number of likely N-dealkylation sites (tertiary alicyclic amines) is 1. The van der Waals surface area contributed by atoms with E-state index in [0.29, 0.717) is 11.7 Å². The molecule has 0 spiro atoms. The third kappa shape index (κ3) is 3.52. The Labute approximate surface area is 146 Å². The molecule has 1 aromatic carbocycles. The number of carbonyl (C=O) groups excluding carboxylic acids is 1. The van der Waals surface area contributed by atoms with Crippen LogP contribution in [0.5, 0.6) is 0 Å². The Morgan fingerprint density at radius 3 is 2.96 bits per heavy atom. The number of aromatic nitrogens is 4. The van der Waals surface area contributed by atoms with Gasteiger partial charge in [0.2, 0.25) is 5.82 Å². The summed E-state index contributed by atoms with van der Waals surface area (Å²) in [5.41, 5.74) is 2.41. The van der Waals surface area contributed by atoms with Crippen molar-refractivity contribution in [1.29, 1.82) is 0 Å². The van der Waals surface area contributed by atoms with E-state index in [9.17, 15) is 4.79 Å². The SMILES string of the molecule is O=C(c1ncccn1)N1CCC[C@H](Cc2ccc3[nH]ncc3c2)CC1. The van der Waals surface area contributed by atoms with E-state index in [1.165, 1.54) is 5.56 Å². The van der Waals surface area contributed by atoms with Crippen molar-refractivity contribution in [2.75, 3.05) is 13.1 Å². The normalized spacial score (nSPS) is 18.2. The van der Waals surface area contributed by atoms with Gasteiger partial charge in [-0.2, -0.15) is 5.10 Å². The Balaban J connectivity index is 1.40. The van der Waals surface area contributed by atoms with Gasteiger partial charge in [0.25, 0.3) is 5.91 Å². The van der Waals surface area contributed by atoms with Gasteiger partial charge in [-0.15, -0.1) is 0 Å². The number of benzene rings is 1. The average Bonchev–Trinajstić information content (AvgIpc) is 3.00. The third-order valence-electron chi connectivity index (χ3n) is 4.92. The number of H-pyrrole nitrogens is 1. The molecule has 4 rings (SSSR count). The average molecular weight is 335 g/mol. The summed E-state index contributed by atoms with van der Waals surface area (Å²) in [6.45, 7) is 1.56. The van der Waals surface area contributed by atoms with Crippen molar-refractivity contribution in [2.45, 2.75) is 25.7 Å². The number of carbonyl (C=O) groups is 1. The molecule has 1 aliphatic heterocycles. The van der Waals surface area contributed by atoms with E-state index in [-0.39, 0.29) is 5.91 Å². The highest BCUT2D eigenvalue weighted by molar-refractivity contribution is 5.90. The third-order valence-corrected chi connectivity index (χ3v) is 4.92. The van der Waals surface area contributed by atoms with E-state index < -0.39 is 0 Å². The Morgan fingerprint density at radius 2 is 2.08 bits per heavy atom. The molecule has 3 aromatic rings. The first-order chi connectivity index (χ1) is 12.3. The second-order valence-electron chi connectivity index (χ2n) is 6.66. The summed E-state index contributed by atoms with van der Waals surface area (Å²) in [7, 11) is 0. The second kappa shape index (κ2) is 7.01. The number of fused-ring (bicyclic) bond motifs is 1. The number of amides is 1. The molecule has 0 saturated carbocycles. The van der Waals surface area contributed by atoms with E-state index >= 15 is 0 Å². The number of nitrogens with zero attached hydrogens (tertiary/aromatic N) is 4. The van der Waals surface area contributed by atoms with Gasteiger partial charge in [-0.05, 0) is 55.4 Å². The smallest absolute Gasteiger partial charge is 0.291 e. The van der Waals surface area contributed by atoms with Crippen molar-refractivity contribution in [3.63, 3.8) is 0 Å². The zero-order valence-corrected chi connectivity index (χ0v) is 14.1. The second-order valence-corrected chi connectivity index (χ2v) is 6.66. The minimum atomic E-state index is -0.0546. The van der Waals surface area contributed by atoms with E-state index in [1.54, 1.807) is 18.5 Å². The molecule has 0 unspecified atom stereocenters. The number of hydrogen-bond acceptors (Lipinski definition) is 4. The van der Waals surface area contributed by atoms with Crippen molar-refractivity contribution in [3.8, 4) is 0 Å². The van der Waals surface area contributed by atoms with Crippen LogP contribution in [0.4, 0.5) is 0 Å². The van der Waals surface area contributed by atoms with Gasteiger partial charge in [-0.3, -0.25) is 9.89 Å². The maximum absolute atomic E-state index is 12.5. The van der Waals surface area contributed by atoms with Gasteiger partial charge in [0, 0.05) is 30.9 Å². The summed E-state index contributed by atoms with van der Waals surface area (Å²) in [5, 5.41) is 8.23. The molecule has 1 fully saturated rings. The fraction of sp³-hybridized carbons (Fsp3) is 0.368. The predicted octanol–water partition coefficient (Wildman–Crippen LogP) is 2.84. The van der Waals surface area contributed by atoms with Gasteiger partial charge in [0.05, 0.1) is 11.7 Å². The summed E-state index contributed by atoms with van der Waals surface area (Å²) in [6, 6.07) is 8.21. The van der Waals surface area contributed by atoms with Crippen LogP contribution in [0, 0.1) is 5.92 Å². The molecular weight excluding hydrogens is 314 g/mol. The van der Waals surface area contributed by atoms with E-state index in [1.807, 2.05) is 11.1 Å². The molecule has 3 heterocycles. The Morgan fingerprint density at radius 1 is 1.20 bits per heavy atom. The molecular formula is C19H21N5O. The van der Waals surface area contributed by atoms with Crippen LogP contribution in [0.2, 0.25) is 0 Å². The number of hydrogen-bond donors (Lipinski definition) is 1. The van der Waals surface area contributed by atoms with Crippen LogP contribution in [0.25, 0.3) is 10.9 Å². The van der Waals surface area contributed by atoms with Gasteiger partial charge < -0.3 is 4.90 Å². The molecule has 1 atom stereocenters. The van der Waals surface area contributed by atoms with Crippen molar-refractivity contribution in [2.24, 2.45) is 5.92 Å². The summed E-state index contributed by atoms with van der Waals surface area (Å²) >= 11 is 0. The maximum Gasteiger partial charge on any atom is 0.291 e. The fourth-order valence-corrected chi connectivity index (χ4v) is 3.58. The minimum Gasteiger partial charge on any atom is -0.336 e. The first-order valence-corrected chi connectivity index (χ1v) is 8.78. The van der Waals surface area contributed by atoms with E-state index in [4.69, 9.17) is 0 Å². The quantitative estimate of drug-likeness (QED) is 0.798. The number of aromatic amines is 1. The lowest BCUT2D eigenvalue weighted by Gasteiger charge is -2.19. The van der Waals surface area contributed by atoms with Crippen LogP contribution in [0.15, 0.2) is 42.9 Å². The highest BCUT2D eigenvalue weighted by Gasteiger charge is 2.23. The maximum atomic E-state index is 12.5. The molecule has 0 bridgehead atoms. The molecule has 1 amide bonds. The van der Waals surface area contributed by atoms with Crippen molar-refractivity contribution in [3.05, 3.63) is 54.2 Å². The standard InChI is InChI=1S/C19H21N5O/c25-19(18-20-7-2-8-21-18)24-9-1-3-14(6-10-24)11-15-4-5-17-16(12-15)13-22-23-17/h2,4-5,7-8,12-14H,1,3,6,9-11H2,(H,22,23)/t14-/m0/s1. The Kier molecular flexibility index (Phi) is 4.41. The molecule has 1 N–H and O–H groups in total. The first kappa shape index (κ1) is 15.7. The van der Waals surface area contributed by atoms with Gasteiger partial charge >= 0.3 is 0 Å². The summed E-state index contributed by atoms with van der Waals surface area (Å²) in [5.74, 6) is 0.839. The van der Waals surface area contributed by atoms with Gasteiger partial charge in [0.1, 0.15) is 0 Å². The van der Waals surface area contributed by atoms with Crippen molar-refractivity contribution in [1.82, 2.24) is 25.1 Å². The molecule has 128 valence electrons. The fourth-order valence-electron chi connectivity index (χ4n) is 3.58. The van der Waals surface area contributed by atoms with Gasteiger partial charge in [-0.1, -0.05) is 6.07 Å². The van der Waals surface area contributed by atoms with Crippen LogP contribution < -0.4 is 0 Å². The highest BCUT2D eigenvalue weighted by atomic mass is 16.2. The molecule has 0 aliphatic carbocycles. The summed E-state index contributed by atoms with van der Waals surface area (Å²) in [6.07, 6.45) is 9.33. The number of rotatable bonds is 3.